The van der Waals surface area contributed by atoms with Crippen molar-refractivity contribution in [1.29, 1.82) is 0 Å². The summed E-state index contributed by atoms with van der Waals surface area (Å²) in [4.78, 5) is 14.9. The molecule has 0 aliphatic carbocycles. The predicted octanol–water partition coefficient (Wildman–Crippen LogP) is 3.09. The van der Waals surface area contributed by atoms with E-state index in [1.54, 1.807) is 18.2 Å². The van der Waals surface area contributed by atoms with Crippen LogP contribution in [-0.2, 0) is 16.4 Å². The summed E-state index contributed by atoms with van der Waals surface area (Å²) in [6.45, 7) is 2.65. The topological polar surface area (TPSA) is 72.9 Å². The molecule has 2 aromatic carbocycles. The number of nitrogens with zero attached hydrogens (tertiary/aromatic N) is 1. The molecule has 30 heavy (non-hydrogen) atoms. The Labute approximate surface area is 173 Å². The number of carbonyl (C=O) groups excluding carboxylic acids is 1. The van der Waals surface area contributed by atoms with E-state index in [1.165, 1.54) is 18.2 Å². The highest BCUT2D eigenvalue weighted by atomic mass is 32.2. The second-order valence-corrected chi connectivity index (χ2v) is 10.2. The van der Waals surface area contributed by atoms with E-state index in [-0.39, 0.29) is 34.9 Å². The third-order valence-corrected chi connectivity index (χ3v) is 7.59. The fraction of sp³-hybridized carbons (Fsp3) is 0.318. The molecule has 3 aliphatic rings. The first kappa shape index (κ1) is 19.3. The molecule has 0 amide bonds. The normalized spacial score (nSPS) is 23.7. The number of sulfone groups is 1. The predicted molar refractivity (Wildman–Crippen MR) is 109 cm³/mol. The van der Waals surface area contributed by atoms with Crippen molar-refractivity contribution in [3.05, 3.63) is 64.2 Å². The molecule has 156 valence electrons. The maximum Gasteiger partial charge on any atom is 0.231 e. The molecule has 3 heterocycles. The molecule has 3 aliphatic heterocycles. The number of halogens is 1. The quantitative estimate of drug-likeness (QED) is 0.684. The van der Waals surface area contributed by atoms with E-state index >= 15 is 0 Å². The summed E-state index contributed by atoms with van der Waals surface area (Å²) in [5.74, 6) is 0.953. The second kappa shape index (κ2) is 6.92. The lowest BCUT2D eigenvalue weighted by Gasteiger charge is -2.33. The summed E-state index contributed by atoms with van der Waals surface area (Å²) < 4.78 is 48.9. The van der Waals surface area contributed by atoms with Crippen molar-refractivity contribution in [2.75, 3.05) is 18.2 Å². The molecule has 0 bridgehead atoms. The van der Waals surface area contributed by atoms with Crippen LogP contribution in [0.3, 0.4) is 0 Å². The van der Waals surface area contributed by atoms with Crippen LogP contribution in [0.25, 0.3) is 6.08 Å². The molecule has 0 saturated carbocycles. The van der Waals surface area contributed by atoms with Gasteiger partial charge in [0, 0.05) is 23.7 Å². The number of hydrogen-bond acceptors (Lipinski definition) is 6. The van der Waals surface area contributed by atoms with Crippen LogP contribution in [0.15, 0.2) is 36.1 Å². The fourth-order valence-corrected chi connectivity index (χ4v) is 6.07. The minimum Gasteiger partial charge on any atom is -0.477 e. The minimum absolute atomic E-state index is 0.0768. The summed E-state index contributed by atoms with van der Waals surface area (Å²) >= 11 is 0. The molecule has 0 aromatic heterocycles. The van der Waals surface area contributed by atoms with E-state index in [1.807, 2.05) is 11.8 Å². The Morgan fingerprint density at radius 2 is 2.07 bits per heavy atom. The van der Waals surface area contributed by atoms with Gasteiger partial charge in [-0.3, -0.25) is 9.69 Å². The van der Waals surface area contributed by atoms with Gasteiger partial charge in [-0.05, 0) is 43.2 Å². The number of ketones is 1. The van der Waals surface area contributed by atoms with Crippen molar-refractivity contribution < 1.29 is 27.1 Å². The molecule has 8 heteroatoms. The lowest BCUT2D eigenvalue weighted by atomic mass is 9.99. The average Bonchev–Trinajstić information content (AvgIpc) is 3.22. The molecular weight excluding hydrogens is 409 g/mol. The molecule has 0 N–H and O–H groups in total. The Balaban J connectivity index is 1.45. The third-order valence-electron chi connectivity index (χ3n) is 5.84. The van der Waals surface area contributed by atoms with Crippen LogP contribution < -0.4 is 9.47 Å². The first-order chi connectivity index (χ1) is 14.3. The first-order valence-corrected chi connectivity index (χ1v) is 11.6. The third kappa shape index (κ3) is 3.30. The summed E-state index contributed by atoms with van der Waals surface area (Å²) in [5.41, 5.74) is 2.56. The zero-order valence-corrected chi connectivity index (χ0v) is 17.2. The van der Waals surface area contributed by atoms with Crippen LogP contribution in [0.5, 0.6) is 11.5 Å². The van der Waals surface area contributed by atoms with Crippen LogP contribution in [0.4, 0.5) is 4.39 Å². The number of allylic oxidation sites excluding steroid dienone is 1. The van der Waals surface area contributed by atoms with E-state index in [2.05, 4.69) is 0 Å². The van der Waals surface area contributed by atoms with Crippen LogP contribution in [-0.4, -0.2) is 43.4 Å². The van der Waals surface area contributed by atoms with Gasteiger partial charge in [0.1, 0.15) is 24.0 Å². The smallest absolute Gasteiger partial charge is 0.231 e. The van der Waals surface area contributed by atoms with Crippen molar-refractivity contribution >= 4 is 21.7 Å². The molecule has 0 unspecified atom stereocenters. The maximum absolute atomic E-state index is 13.5. The Kier molecular flexibility index (Phi) is 4.44. The van der Waals surface area contributed by atoms with Crippen molar-refractivity contribution in [2.45, 2.75) is 25.9 Å². The molecular formula is C22H20FNO5S. The lowest BCUT2D eigenvalue weighted by Crippen LogP contribution is -2.41. The van der Waals surface area contributed by atoms with Gasteiger partial charge in [0.2, 0.25) is 5.78 Å². The first-order valence-electron chi connectivity index (χ1n) is 9.74. The van der Waals surface area contributed by atoms with Crippen molar-refractivity contribution in [3.63, 3.8) is 0 Å². The van der Waals surface area contributed by atoms with E-state index in [4.69, 9.17) is 9.47 Å². The van der Waals surface area contributed by atoms with E-state index in [0.717, 1.165) is 11.1 Å². The monoisotopic (exact) mass is 429 g/mol. The van der Waals surface area contributed by atoms with Gasteiger partial charge in [0.05, 0.1) is 17.1 Å². The van der Waals surface area contributed by atoms with Gasteiger partial charge in [0.15, 0.2) is 15.6 Å². The number of rotatable bonds is 2. The number of ether oxygens (including phenoxy) is 2. The summed E-state index contributed by atoms with van der Waals surface area (Å²) in [7, 11) is -2.99. The fourth-order valence-electron chi connectivity index (χ4n) is 4.31. The number of Topliss-reactive ketones (excluding diaryl/α,β-unsaturated/α-hetero) is 1. The SMILES string of the molecule is Cc1c2c(cc3c1O/C(=C\c1cccc(F)c1)C3=O)CN([C@H]1CCS(=O)(=O)C1)CO2. The van der Waals surface area contributed by atoms with Crippen LogP contribution in [0.2, 0.25) is 0 Å². The van der Waals surface area contributed by atoms with E-state index in [9.17, 15) is 17.6 Å². The molecule has 1 atom stereocenters. The van der Waals surface area contributed by atoms with Crippen LogP contribution in [0, 0.1) is 12.7 Å². The standard InChI is InChI=1S/C22H20FNO5S/c1-13-21-15(10-24(12-28-21)17-5-6-30(26,27)11-17)9-18-20(25)19(29-22(13)18)8-14-3-2-4-16(23)7-14/h2-4,7-9,17H,5-6,10-12H2,1H3/b19-8-/t17-/m0/s1. The second-order valence-electron chi connectivity index (χ2n) is 7.94. The van der Waals surface area contributed by atoms with Gasteiger partial charge in [-0.2, -0.15) is 0 Å². The summed E-state index contributed by atoms with van der Waals surface area (Å²) in [6, 6.07) is 7.63. The van der Waals surface area contributed by atoms with Gasteiger partial charge in [0.25, 0.3) is 0 Å². The molecule has 2 aromatic rings. The van der Waals surface area contributed by atoms with Crippen molar-refractivity contribution in [1.82, 2.24) is 4.90 Å². The lowest BCUT2D eigenvalue weighted by molar-refractivity contribution is 0.0637. The van der Waals surface area contributed by atoms with E-state index in [0.29, 0.717) is 42.3 Å². The summed E-state index contributed by atoms with van der Waals surface area (Å²) in [5, 5.41) is 0. The average molecular weight is 429 g/mol. The molecule has 5 rings (SSSR count). The van der Waals surface area contributed by atoms with Crippen molar-refractivity contribution in [2.24, 2.45) is 0 Å². The number of hydrogen-bond donors (Lipinski definition) is 0. The Morgan fingerprint density at radius 1 is 1.23 bits per heavy atom. The highest BCUT2D eigenvalue weighted by Gasteiger charge is 2.37. The highest BCUT2D eigenvalue weighted by Crippen LogP contribution is 2.43. The zero-order valence-electron chi connectivity index (χ0n) is 16.4. The Morgan fingerprint density at radius 3 is 2.80 bits per heavy atom. The number of fused-ring (bicyclic) bond motifs is 2. The van der Waals surface area contributed by atoms with E-state index < -0.39 is 9.84 Å². The molecule has 6 nitrogen and oxygen atoms in total. The molecule has 0 radical (unpaired) electrons. The maximum atomic E-state index is 13.5. The minimum atomic E-state index is -2.99. The number of carbonyl (C=O) groups is 1. The number of benzene rings is 2. The molecule has 1 saturated heterocycles. The van der Waals surface area contributed by atoms with Crippen LogP contribution >= 0.6 is 0 Å². The molecule has 1 fully saturated rings. The Hall–Kier alpha value is -2.71. The van der Waals surface area contributed by atoms with Gasteiger partial charge < -0.3 is 9.47 Å². The van der Waals surface area contributed by atoms with Crippen LogP contribution in [0.1, 0.15) is 33.5 Å². The summed E-state index contributed by atoms with van der Waals surface area (Å²) in [6.07, 6.45) is 2.12. The van der Waals surface area contributed by atoms with Gasteiger partial charge in [-0.25, -0.2) is 12.8 Å². The Bertz CT molecular complexity index is 1200. The van der Waals surface area contributed by atoms with Crippen molar-refractivity contribution in [3.8, 4) is 11.5 Å². The largest absolute Gasteiger partial charge is 0.477 e. The highest BCUT2D eigenvalue weighted by molar-refractivity contribution is 7.91. The molecule has 0 spiro atoms. The van der Waals surface area contributed by atoms with Gasteiger partial charge >= 0.3 is 0 Å². The van der Waals surface area contributed by atoms with Gasteiger partial charge in [-0.15, -0.1) is 0 Å². The van der Waals surface area contributed by atoms with Gasteiger partial charge in [-0.1, -0.05) is 12.1 Å². The zero-order chi connectivity index (χ0) is 21.0.